The number of aromatic nitrogens is 2. The van der Waals surface area contributed by atoms with Gasteiger partial charge in [0, 0.05) is 0 Å². The summed E-state index contributed by atoms with van der Waals surface area (Å²) in [6, 6.07) is 5.63. The molecule has 0 fully saturated rings. The molecule has 1 N–H and O–H groups in total. The number of halogens is 3. The molecule has 0 saturated heterocycles. The van der Waals surface area contributed by atoms with Gasteiger partial charge in [-0.15, -0.1) is 0 Å². The maximum atomic E-state index is 12.3. The van der Waals surface area contributed by atoms with Crippen LogP contribution in [0.15, 0.2) is 24.3 Å². The highest BCUT2D eigenvalue weighted by atomic mass is 35.5. The van der Waals surface area contributed by atoms with Crippen LogP contribution in [0.25, 0.3) is 0 Å². The fourth-order valence-electron chi connectivity index (χ4n) is 1.87. The molecule has 2 aromatic rings. The Morgan fingerprint density at radius 3 is 2.75 bits per heavy atom. The van der Waals surface area contributed by atoms with Crippen molar-refractivity contribution >= 4 is 29.0 Å². The Bertz CT molecular complexity index is 781. The van der Waals surface area contributed by atoms with E-state index in [2.05, 4.69) is 15.2 Å². The summed E-state index contributed by atoms with van der Waals surface area (Å²) in [6.07, 6.45) is 0. The Morgan fingerprint density at radius 1 is 1.50 bits per heavy atom. The molecule has 1 aromatic carbocycles. The zero-order valence-electron chi connectivity index (χ0n) is 12.2. The maximum Gasteiger partial charge on any atom is 0.408 e. The van der Waals surface area contributed by atoms with Gasteiger partial charge in [0.05, 0.1) is 16.5 Å². The molecule has 0 saturated carbocycles. The summed E-state index contributed by atoms with van der Waals surface area (Å²) >= 11 is 5.78. The van der Waals surface area contributed by atoms with Crippen LogP contribution in [-0.4, -0.2) is 27.2 Å². The molecule has 0 bridgehead atoms. The van der Waals surface area contributed by atoms with Gasteiger partial charge < -0.3 is 20.2 Å². The van der Waals surface area contributed by atoms with Gasteiger partial charge in [0.1, 0.15) is 12.3 Å². The maximum absolute atomic E-state index is 12.3. The van der Waals surface area contributed by atoms with Gasteiger partial charge in [-0.25, -0.2) is 0 Å². The molecule has 0 radical (unpaired) electrons. The predicted molar refractivity (Wildman–Crippen MR) is 80.3 cm³/mol. The molecular weight excluding hydrogens is 350 g/mol. The number of para-hydroxylation sites is 2. The topological polar surface area (TPSA) is 99.3 Å². The van der Waals surface area contributed by atoms with Gasteiger partial charge in [-0.1, -0.05) is 23.7 Å². The first kappa shape index (κ1) is 17.6. The molecule has 0 spiro atoms. The van der Waals surface area contributed by atoms with Crippen LogP contribution in [-0.2, 0) is 11.3 Å². The molecule has 11 heteroatoms. The number of rotatable bonds is 6. The highest BCUT2D eigenvalue weighted by Gasteiger charge is 2.25. The minimum absolute atomic E-state index is 0.0354. The fourth-order valence-corrected chi connectivity index (χ4v) is 2.08. The van der Waals surface area contributed by atoms with E-state index < -0.39 is 23.3 Å². The second-order valence-corrected chi connectivity index (χ2v) is 4.94. The van der Waals surface area contributed by atoms with Crippen LogP contribution in [0.2, 0.25) is 5.02 Å². The zero-order valence-corrected chi connectivity index (χ0v) is 13.0. The molecule has 1 amide bonds. The van der Waals surface area contributed by atoms with Crippen molar-refractivity contribution in [3.05, 3.63) is 45.1 Å². The molecule has 1 heterocycles. The van der Waals surface area contributed by atoms with E-state index in [0.717, 1.165) is 4.68 Å². The molecule has 128 valence electrons. The number of amides is 1. The van der Waals surface area contributed by atoms with Crippen molar-refractivity contribution in [2.24, 2.45) is 0 Å². The van der Waals surface area contributed by atoms with Crippen molar-refractivity contribution in [3.63, 3.8) is 0 Å². The number of hydrogen-bond acceptors (Lipinski definition) is 5. The first-order valence-corrected chi connectivity index (χ1v) is 6.88. The number of nitrogens with one attached hydrogen (secondary N) is 1. The predicted octanol–water partition coefficient (Wildman–Crippen LogP) is 2.99. The third-order valence-electron chi connectivity index (χ3n) is 2.96. The van der Waals surface area contributed by atoms with E-state index >= 15 is 0 Å². The molecule has 24 heavy (non-hydrogen) atoms. The van der Waals surface area contributed by atoms with Crippen LogP contribution < -0.4 is 10.1 Å². The Balaban J connectivity index is 2.15. The quantitative estimate of drug-likeness (QED) is 0.630. The smallest absolute Gasteiger partial charge is 0.408 e. The van der Waals surface area contributed by atoms with E-state index in [1.54, 1.807) is 0 Å². The van der Waals surface area contributed by atoms with Crippen LogP contribution in [0.4, 0.5) is 20.3 Å². The third-order valence-corrected chi connectivity index (χ3v) is 3.40. The number of ether oxygens (including phenoxy) is 1. The molecule has 2 rings (SSSR count). The number of anilines is 1. The lowest BCUT2D eigenvalue weighted by Gasteiger charge is -2.11. The van der Waals surface area contributed by atoms with Crippen molar-refractivity contribution in [2.75, 3.05) is 5.32 Å². The van der Waals surface area contributed by atoms with Gasteiger partial charge in [0.2, 0.25) is 5.91 Å². The summed E-state index contributed by atoms with van der Waals surface area (Å²) < 4.78 is 30.0. The largest absolute Gasteiger partial charge is 0.433 e. The van der Waals surface area contributed by atoms with Gasteiger partial charge in [-0.05, 0) is 24.0 Å². The van der Waals surface area contributed by atoms with Crippen molar-refractivity contribution < 1.29 is 23.2 Å². The van der Waals surface area contributed by atoms with Gasteiger partial charge in [-0.2, -0.15) is 13.5 Å². The van der Waals surface area contributed by atoms with Crippen molar-refractivity contribution in [1.29, 1.82) is 0 Å². The van der Waals surface area contributed by atoms with E-state index in [-0.39, 0.29) is 28.7 Å². The minimum atomic E-state index is -3.04. The van der Waals surface area contributed by atoms with Crippen molar-refractivity contribution in [3.8, 4) is 5.75 Å². The molecular formula is C13H11ClF2N4O4. The van der Waals surface area contributed by atoms with Crippen molar-refractivity contribution in [1.82, 2.24) is 9.78 Å². The lowest BCUT2D eigenvalue weighted by Crippen LogP contribution is -2.21. The van der Waals surface area contributed by atoms with E-state index in [4.69, 9.17) is 11.6 Å². The average Bonchev–Trinajstić information content (AvgIpc) is 2.77. The van der Waals surface area contributed by atoms with Gasteiger partial charge in [0.15, 0.2) is 5.02 Å². The molecule has 0 unspecified atom stereocenters. The number of carbonyl (C=O) groups is 1. The number of nitro groups is 1. The number of alkyl halides is 2. The van der Waals surface area contributed by atoms with Crippen LogP contribution in [0.5, 0.6) is 5.75 Å². The summed E-state index contributed by atoms with van der Waals surface area (Å²) in [6.45, 7) is -1.97. The fraction of sp³-hybridized carbons (Fsp3) is 0.231. The van der Waals surface area contributed by atoms with Crippen LogP contribution >= 0.6 is 11.6 Å². The first-order chi connectivity index (χ1) is 11.3. The number of benzene rings is 1. The molecule has 0 aliphatic carbocycles. The van der Waals surface area contributed by atoms with Crippen LogP contribution in [0.3, 0.4) is 0 Å². The first-order valence-electron chi connectivity index (χ1n) is 6.50. The highest BCUT2D eigenvalue weighted by Crippen LogP contribution is 2.27. The SMILES string of the molecule is Cc1c(Cl)c([N+](=O)[O-])nn1CC(=O)Nc1ccccc1OC(F)F. The van der Waals surface area contributed by atoms with Crippen LogP contribution in [0, 0.1) is 17.0 Å². The van der Waals surface area contributed by atoms with Gasteiger partial charge in [-0.3, -0.25) is 4.79 Å². The van der Waals surface area contributed by atoms with Gasteiger partial charge >= 0.3 is 12.4 Å². The number of nitrogens with zero attached hydrogens (tertiary/aromatic N) is 3. The number of hydrogen-bond donors (Lipinski definition) is 1. The number of carbonyl (C=O) groups excluding carboxylic acids is 1. The Kier molecular flexibility index (Phi) is 5.29. The third kappa shape index (κ3) is 3.96. The summed E-state index contributed by atoms with van der Waals surface area (Å²) in [4.78, 5) is 22.0. The second-order valence-electron chi connectivity index (χ2n) is 4.56. The normalized spacial score (nSPS) is 10.7. The second kappa shape index (κ2) is 7.21. The highest BCUT2D eigenvalue weighted by molar-refractivity contribution is 6.33. The zero-order chi connectivity index (χ0) is 17.9. The van der Waals surface area contributed by atoms with E-state index in [9.17, 15) is 23.7 Å². The minimum Gasteiger partial charge on any atom is -0.433 e. The molecule has 8 nitrogen and oxygen atoms in total. The lowest BCUT2D eigenvalue weighted by molar-refractivity contribution is -0.389. The molecule has 0 aliphatic rings. The Morgan fingerprint density at radius 2 is 2.17 bits per heavy atom. The summed E-state index contributed by atoms with van der Waals surface area (Å²) in [5.41, 5.74) is 0.267. The van der Waals surface area contributed by atoms with Crippen LogP contribution in [0.1, 0.15) is 5.69 Å². The Hall–Kier alpha value is -2.75. The average molecular weight is 361 g/mol. The lowest BCUT2D eigenvalue weighted by atomic mass is 10.3. The standard InChI is InChI=1S/C13H11ClF2N4O4/c1-7-11(14)12(20(22)23)18-19(7)6-10(21)17-8-4-2-3-5-9(8)24-13(15)16/h2-5,13H,6H2,1H3,(H,17,21). The Labute approximate surface area is 139 Å². The monoisotopic (exact) mass is 360 g/mol. The molecule has 1 aromatic heterocycles. The van der Waals surface area contributed by atoms with E-state index in [0.29, 0.717) is 0 Å². The summed E-state index contributed by atoms with van der Waals surface area (Å²) in [5, 5.41) is 16.6. The molecule has 0 aliphatic heterocycles. The summed E-state index contributed by atoms with van der Waals surface area (Å²) in [7, 11) is 0. The van der Waals surface area contributed by atoms with Gasteiger partial charge in [0.25, 0.3) is 0 Å². The van der Waals surface area contributed by atoms with E-state index in [1.807, 2.05) is 0 Å². The van der Waals surface area contributed by atoms with E-state index in [1.165, 1.54) is 31.2 Å². The molecule has 0 atom stereocenters. The van der Waals surface area contributed by atoms with Crippen molar-refractivity contribution in [2.45, 2.75) is 20.1 Å². The summed E-state index contributed by atoms with van der Waals surface area (Å²) in [5.74, 6) is -1.41.